The van der Waals surface area contributed by atoms with E-state index in [1.54, 1.807) is 12.3 Å². The highest BCUT2D eigenvalue weighted by Crippen LogP contribution is 2.32. The Morgan fingerprint density at radius 3 is 2.38 bits per heavy atom. The Hall–Kier alpha value is -3.46. The van der Waals surface area contributed by atoms with Crippen LogP contribution in [-0.4, -0.2) is 16.1 Å². The molecule has 0 aliphatic rings. The fraction of sp³-hybridized carbons (Fsp3) is 0.0435. The number of carboxylic acids is 1. The molecule has 0 unspecified atom stereocenters. The molecule has 26 heavy (non-hydrogen) atoms. The van der Waals surface area contributed by atoms with Crippen LogP contribution in [0.2, 0.25) is 0 Å². The molecule has 0 amide bonds. The molecule has 0 spiro atoms. The molecule has 0 saturated carbocycles. The quantitative estimate of drug-likeness (QED) is 0.530. The molecule has 0 fully saturated rings. The smallest absolute Gasteiger partial charge is 0.337 e. The molecule has 0 radical (unpaired) electrons. The van der Waals surface area contributed by atoms with Gasteiger partial charge < -0.3 is 5.11 Å². The zero-order chi connectivity index (χ0) is 18.1. The van der Waals surface area contributed by atoms with Gasteiger partial charge in [-0.3, -0.25) is 4.98 Å². The Morgan fingerprint density at radius 1 is 0.885 bits per heavy atom. The van der Waals surface area contributed by atoms with E-state index in [4.69, 9.17) is 0 Å². The van der Waals surface area contributed by atoms with Crippen molar-refractivity contribution in [1.82, 2.24) is 4.98 Å². The van der Waals surface area contributed by atoms with Gasteiger partial charge in [0.1, 0.15) is 0 Å². The lowest BCUT2D eigenvalue weighted by Crippen LogP contribution is -2.03. The number of nitrogens with zero attached hydrogens (tertiary/aromatic N) is 1. The molecule has 1 heterocycles. The highest BCUT2D eigenvalue weighted by Gasteiger charge is 2.17. The number of carbonyl (C=O) groups is 1. The van der Waals surface area contributed by atoms with Gasteiger partial charge >= 0.3 is 5.97 Å². The number of hydrogen-bond acceptors (Lipinski definition) is 2. The van der Waals surface area contributed by atoms with Gasteiger partial charge in [-0.15, -0.1) is 0 Å². The second kappa shape index (κ2) is 6.45. The van der Waals surface area contributed by atoms with Gasteiger partial charge in [0.25, 0.3) is 0 Å². The average Bonchev–Trinajstić information content (AvgIpc) is 2.67. The summed E-state index contributed by atoms with van der Waals surface area (Å²) in [5, 5.41) is 12.0. The second-order valence-electron chi connectivity index (χ2n) is 6.27. The summed E-state index contributed by atoms with van der Waals surface area (Å²) >= 11 is 0. The molecule has 1 aromatic heterocycles. The Labute approximate surface area is 151 Å². The first kappa shape index (κ1) is 16.0. The van der Waals surface area contributed by atoms with Crippen LogP contribution in [0.3, 0.4) is 0 Å². The summed E-state index contributed by atoms with van der Waals surface area (Å²) in [4.78, 5) is 16.4. The molecule has 1 N–H and O–H groups in total. The molecule has 0 aliphatic carbocycles. The lowest BCUT2D eigenvalue weighted by atomic mass is 9.95. The maximum Gasteiger partial charge on any atom is 0.337 e. The van der Waals surface area contributed by atoms with E-state index in [1.165, 1.54) is 0 Å². The van der Waals surface area contributed by atoms with E-state index >= 15 is 0 Å². The Morgan fingerprint density at radius 2 is 1.58 bits per heavy atom. The van der Waals surface area contributed by atoms with Crippen molar-refractivity contribution >= 4 is 16.7 Å². The number of pyridine rings is 1. The van der Waals surface area contributed by atoms with Crippen molar-refractivity contribution in [3.63, 3.8) is 0 Å². The highest BCUT2D eigenvalue weighted by molar-refractivity contribution is 6.00. The third kappa shape index (κ3) is 2.74. The van der Waals surface area contributed by atoms with Crippen molar-refractivity contribution in [2.45, 2.75) is 6.92 Å². The predicted octanol–water partition coefficient (Wildman–Crippen LogP) is 5.58. The Balaban J connectivity index is 1.94. The van der Waals surface area contributed by atoms with Gasteiger partial charge in [0.05, 0.1) is 11.3 Å². The lowest BCUT2D eigenvalue weighted by Gasteiger charge is -2.12. The van der Waals surface area contributed by atoms with Crippen molar-refractivity contribution in [2.24, 2.45) is 0 Å². The largest absolute Gasteiger partial charge is 0.478 e. The maximum absolute atomic E-state index is 11.9. The summed E-state index contributed by atoms with van der Waals surface area (Å²) in [6.45, 7) is 1.96. The van der Waals surface area contributed by atoms with E-state index in [0.717, 1.165) is 33.0 Å². The van der Waals surface area contributed by atoms with Crippen molar-refractivity contribution in [1.29, 1.82) is 0 Å². The van der Waals surface area contributed by atoms with Crippen LogP contribution in [0, 0.1) is 6.92 Å². The fourth-order valence-corrected chi connectivity index (χ4v) is 3.31. The number of aromatic nitrogens is 1. The zero-order valence-corrected chi connectivity index (χ0v) is 14.3. The highest BCUT2D eigenvalue weighted by atomic mass is 16.4. The second-order valence-corrected chi connectivity index (χ2v) is 6.27. The third-order valence-corrected chi connectivity index (χ3v) is 4.62. The van der Waals surface area contributed by atoms with Gasteiger partial charge in [-0.05, 0) is 34.9 Å². The van der Waals surface area contributed by atoms with Crippen LogP contribution < -0.4 is 0 Å². The molecule has 0 bridgehead atoms. The van der Waals surface area contributed by atoms with E-state index in [0.29, 0.717) is 5.69 Å². The van der Waals surface area contributed by atoms with Crippen molar-refractivity contribution < 1.29 is 9.90 Å². The number of carboxylic acid groups (broad SMARTS) is 1. The van der Waals surface area contributed by atoms with E-state index in [2.05, 4.69) is 4.98 Å². The monoisotopic (exact) mass is 339 g/mol. The summed E-state index contributed by atoms with van der Waals surface area (Å²) in [5.41, 5.74) is 4.34. The fourth-order valence-electron chi connectivity index (χ4n) is 3.31. The van der Waals surface area contributed by atoms with Gasteiger partial charge in [-0.1, -0.05) is 66.7 Å². The standard InChI is InChI=1S/C23H17NO2/c1-15-7-2-4-10-18(15)22-21(23(25)26)13-17(14-24-22)20-12-6-9-16-8-3-5-11-19(16)20/h2-14H,1H3,(H,25,26). The van der Waals surface area contributed by atoms with E-state index in [-0.39, 0.29) is 5.56 Å². The average molecular weight is 339 g/mol. The first-order valence-electron chi connectivity index (χ1n) is 8.42. The maximum atomic E-state index is 11.9. The minimum atomic E-state index is -0.974. The Bertz CT molecular complexity index is 1130. The van der Waals surface area contributed by atoms with Crippen molar-refractivity contribution in [3.05, 3.63) is 90.1 Å². The third-order valence-electron chi connectivity index (χ3n) is 4.62. The van der Waals surface area contributed by atoms with Crippen LogP contribution in [0.25, 0.3) is 33.2 Å². The van der Waals surface area contributed by atoms with Crippen LogP contribution in [0.5, 0.6) is 0 Å². The molecule has 3 aromatic carbocycles. The van der Waals surface area contributed by atoms with Gasteiger partial charge in [0, 0.05) is 17.3 Å². The van der Waals surface area contributed by atoms with Gasteiger partial charge in [0.2, 0.25) is 0 Å². The molecule has 126 valence electrons. The van der Waals surface area contributed by atoms with Crippen LogP contribution in [0.1, 0.15) is 15.9 Å². The van der Waals surface area contributed by atoms with Gasteiger partial charge in [-0.25, -0.2) is 4.79 Å². The lowest BCUT2D eigenvalue weighted by molar-refractivity contribution is 0.0697. The number of fused-ring (bicyclic) bond motifs is 1. The summed E-state index contributed by atoms with van der Waals surface area (Å²) in [6.07, 6.45) is 1.76. The van der Waals surface area contributed by atoms with Crippen LogP contribution in [0.4, 0.5) is 0 Å². The zero-order valence-electron chi connectivity index (χ0n) is 14.3. The van der Waals surface area contributed by atoms with Gasteiger partial charge in [-0.2, -0.15) is 0 Å². The van der Waals surface area contributed by atoms with E-state index < -0.39 is 5.97 Å². The summed E-state index contributed by atoms with van der Waals surface area (Å²) in [6, 6.07) is 23.5. The number of hydrogen-bond donors (Lipinski definition) is 1. The van der Waals surface area contributed by atoms with E-state index in [1.807, 2.05) is 73.7 Å². The summed E-state index contributed by atoms with van der Waals surface area (Å²) < 4.78 is 0. The molecule has 3 nitrogen and oxygen atoms in total. The van der Waals surface area contributed by atoms with Crippen molar-refractivity contribution in [2.75, 3.05) is 0 Å². The number of benzene rings is 3. The summed E-state index contributed by atoms with van der Waals surface area (Å²) in [7, 11) is 0. The molecule has 0 atom stereocenters. The van der Waals surface area contributed by atoms with Crippen LogP contribution in [-0.2, 0) is 0 Å². The molecular formula is C23H17NO2. The van der Waals surface area contributed by atoms with E-state index in [9.17, 15) is 9.90 Å². The Kier molecular flexibility index (Phi) is 3.98. The van der Waals surface area contributed by atoms with Crippen molar-refractivity contribution in [3.8, 4) is 22.4 Å². The normalized spacial score (nSPS) is 10.8. The summed E-state index contributed by atoms with van der Waals surface area (Å²) in [5.74, 6) is -0.974. The van der Waals surface area contributed by atoms with Crippen LogP contribution >= 0.6 is 0 Å². The minimum Gasteiger partial charge on any atom is -0.478 e. The predicted molar refractivity (Wildman–Crippen MR) is 104 cm³/mol. The minimum absolute atomic E-state index is 0.213. The number of rotatable bonds is 3. The van der Waals surface area contributed by atoms with Gasteiger partial charge in [0.15, 0.2) is 0 Å². The molecule has 3 heteroatoms. The number of aromatic carboxylic acids is 1. The van der Waals surface area contributed by atoms with Crippen LogP contribution in [0.15, 0.2) is 79.0 Å². The number of aryl methyl sites for hydroxylation is 1. The molecule has 0 saturated heterocycles. The molecule has 4 aromatic rings. The topological polar surface area (TPSA) is 50.2 Å². The molecular weight excluding hydrogens is 322 g/mol. The molecule has 0 aliphatic heterocycles. The molecule has 4 rings (SSSR count). The SMILES string of the molecule is Cc1ccccc1-c1ncc(-c2cccc3ccccc23)cc1C(=O)O. The first-order valence-corrected chi connectivity index (χ1v) is 8.42. The first-order chi connectivity index (χ1) is 12.6.